The van der Waals surface area contributed by atoms with Crippen molar-refractivity contribution in [2.24, 2.45) is 0 Å². The zero-order valence-electron chi connectivity index (χ0n) is 14.0. The number of alkyl carbamates (subject to hydrolysis) is 1. The van der Waals surface area contributed by atoms with Crippen LogP contribution in [0, 0.1) is 0 Å². The summed E-state index contributed by atoms with van der Waals surface area (Å²) in [6.45, 7) is 10.7. The third-order valence-corrected chi connectivity index (χ3v) is 2.28. The van der Waals surface area contributed by atoms with E-state index in [1.807, 2.05) is 0 Å². The largest absolute Gasteiger partial charge is 0.511 e. The molecule has 126 valence electrons. The van der Waals surface area contributed by atoms with Crippen LogP contribution in [0.25, 0.3) is 0 Å². The average molecular weight is 315 g/mol. The van der Waals surface area contributed by atoms with Crippen LogP contribution in [0.2, 0.25) is 0 Å². The molecule has 0 unspecified atom stereocenters. The van der Waals surface area contributed by atoms with Crippen molar-refractivity contribution in [1.82, 2.24) is 5.32 Å². The van der Waals surface area contributed by atoms with Crippen LogP contribution in [-0.4, -0.2) is 42.4 Å². The summed E-state index contributed by atoms with van der Waals surface area (Å²) >= 11 is 0. The van der Waals surface area contributed by atoms with Crippen molar-refractivity contribution >= 4 is 12.2 Å². The topological polar surface area (TPSA) is 83.1 Å². The number of ether oxygens (including phenoxy) is 4. The monoisotopic (exact) mass is 315 g/mol. The molecule has 7 heteroatoms. The summed E-state index contributed by atoms with van der Waals surface area (Å²) in [5, 5.41) is 2.59. The van der Waals surface area contributed by atoms with Gasteiger partial charge in [0.2, 0.25) is 6.29 Å². The van der Waals surface area contributed by atoms with E-state index >= 15 is 0 Å². The Bertz CT molecular complexity index is 432. The molecular formula is C15H25NO6. The quantitative estimate of drug-likeness (QED) is 0.623. The Morgan fingerprint density at radius 1 is 1.09 bits per heavy atom. The Balaban J connectivity index is 2.60. The molecule has 0 saturated carbocycles. The van der Waals surface area contributed by atoms with E-state index in [0.29, 0.717) is 0 Å². The molecule has 1 aliphatic rings. The lowest BCUT2D eigenvalue weighted by atomic mass is 10.2. The normalized spacial score (nSPS) is 21.9. The van der Waals surface area contributed by atoms with E-state index in [2.05, 4.69) is 5.32 Å². The number of carbonyl (C=O) groups excluding carboxylic acids is 2. The van der Waals surface area contributed by atoms with Crippen molar-refractivity contribution in [2.75, 3.05) is 6.61 Å². The second-order valence-electron chi connectivity index (χ2n) is 6.88. The van der Waals surface area contributed by atoms with Gasteiger partial charge < -0.3 is 24.3 Å². The van der Waals surface area contributed by atoms with Crippen LogP contribution < -0.4 is 5.32 Å². The second kappa shape index (κ2) is 7.00. The fraction of sp³-hybridized carbons (Fsp3) is 0.733. The summed E-state index contributed by atoms with van der Waals surface area (Å²) < 4.78 is 20.7. The Kier molecular flexibility index (Phi) is 5.82. The Morgan fingerprint density at radius 2 is 1.68 bits per heavy atom. The molecule has 0 fully saturated rings. The first kappa shape index (κ1) is 18.3. The van der Waals surface area contributed by atoms with E-state index < -0.39 is 35.8 Å². The minimum atomic E-state index is -0.965. The van der Waals surface area contributed by atoms with Crippen LogP contribution in [-0.2, 0) is 18.9 Å². The summed E-state index contributed by atoms with van der Waals surface area (Å²) in [7, 11) is 0. The highest BCUT2D eigenvalue weighted by molar-refractivity contribution is 5.68. The van der Waals surface area contributed by atoms with Gasteiger partial charge in [-0.05, 0) is 41.5 Å². The smallest absolute Gasteiger partial charge is 0.444 e. The molecule has 7 nitrogen and oxygen atoms in total. The van der Waals surface area contributed by atoms with Gasteiger partial charge in [0.25, 0.3) is 0 Å². The van der Waals surface area contributed by atoms with E-state index in [1.165, 1.54) is 0 Å². The fourth-order valence-electron chi connectivity index (χ4n) is 1.58. The van der Waals surface area contributed by atoms with Gasteiger partial charge in [-0.3, -0.25) is 0 Å². The van der Waals surface area contributed by atoms with Gasteiger partial charge in [0.15, 0.2) is 0 Å². The SMILES string of the molecule is CC(C)(C)OC(=O)N[C@@H]1C=CCO[C@H]1OC(=O)OC(C)(C)C. The predicted octanol–water partition coefficient (Wildman–Crippen LogP) is 2.74. The standard InChI is InChI=1S/C15H25NO6/c1-14(2,3)21-12(17)16-10-8-7-9-19-11(10)20-13(18)22-15(4,5)6/h7-8,10-11H,9H2,1-6H3,(H,16,17)/t10-,11+/m1/s1. The summed E-state index contributed by atoms with van der Waals surface area (Å²) in [5.74, 6) is 0. The second-order valence-corrected chi connectivity index (χ2v) is 6.88. The molecule has 0 aromatic carbocycles. The third-order valence-electron chi connectivity index (χ3n) is 2.28. The minimum Gasteiger partial charge on any atom is -0.444 e. The van der Waals surface area contributed by atoms with Crippen molar-refractivity contribution in [2.45, 2.75) is 65.1 Å². The molecule has 1 heterocycles. The van der Waals surface area contributed by atoms with Crippen molar-refractivity contribution < 1.29 is 28.5 Å². The van der Waals surface area contributed by atoms with Crippen molar-refractivity contribution in [3.63, 3.8) is 0 Å². The van der Waals surface area contributed by atoms with E-state index in [0.717, 1.165) is 0 Å². The molecule has 0 saturated heterocycles. The lowest BCUT2D eigenvalue weighted by Gasteiger charge is -2.30. The van der Waals surface area contributed by atoms with Crippen molar-refractivity contribution in [3.8, 4) is 0 Å². The van der Waals surface area contributed by atoms with Crippen molar-refractivity contribution in [3.05, 3.63) is 12.2 Å². The molecular weight excluding hydrogens is 290 g/mol. The van der Waals surface area contributed by atoms with Crippen LogP contribution >= 0.6 is 0 Å². The molecule has 0 aliphatic carbocycles. The first-order chi connectivity index (χ1) is 9.96. The Hall–Kier alpha value is -1.76. The number of rotatable bonds is 2. The molecule has 0 spiro atoms. The Morgan fingerprint density at radius 3 is 2.23 bits per heavy atom. The molecule has 1 aliphatic heterocycles. The number of carbonyl (C=O) groups is 2. The van der Waals surface area contributed by atoms with Gasteiger partial charge in [-0.1, -0.05) is 12.2 Å². The maximum Gasteiger partial charge on any atom is 0.511 e. The molecule has 22 heavy (non-hydrogen) atoms. The summed E-state index contributed by atoms with van der Waals surface area (Å²) in [6, 6.07) is -0.642. The van der Waals surface area contributed by atoms with Crippen LogP contribution in [0.4, 0.5) is 9.59 Å². The lowest BCUT2D eigenvalue weighted by molar-refractivity contribution is -0.139. The molecule has 0 radical (unpaired) electrons. The fourth-order valence-corrected chi connectivity index (χ4v) is 1.58. The summed E-state index contributed by atoms with van der Waals surface area (Å²) in [5.41, 5.74) is -1.29. The minimum absolute atomic E-state index is 0.278. The van der Waals surface area contributed by atoms with Gasteiger partial charge in [-0.25, -0.2) is 9.59 Å². The molecule has 0 aromatic rings. The highest BCUT2D eigenvalue weighted by atomic mass is 16.8. The number of hydrogen-bond donors (Lipinski definition) is 1. The van der Waals surface area contributed by atoms with Crippen LogP contribution in [0.15, 0.2) is 12.2 Å². The summed E-state index contributed by atoms with van der Waals surface area (Å²) in [4.78, 5) is 23.5. The third kappa shape index (κ3) is 7.31. The van der Waals surface area contributed by atoms with Gasteiger partial charge in [0, 0.05) is 0 Å². The first-order valence-electron chi connectivity index (χ1n) is 7.14. The van der Waals surface area contributed by atoms with E-state index in [4.69, 9.17) is 18.9 Å². The van der Waals surface area contributed by atoms with Crippen LogP contribution in [0.3, 0.4) is 0 Å². The molecule has 2 atom stereocenters. The van der Waals surface area contributed by atoms with Crippen molar-refractivity contribution in [1.29, 1.82) is 0 Å². The highest BCUT2D eigenvalue weighted by Crippen LogP contribution is 2.15. The highest BCUT2D eigenvalue weighted by Gasteiger charge is 2.31. The maximum absolute atomic E-state index is 11.8. The zero-order valence-corrected chi connectivity index (χ0v) is 14.0. The van der Waals surface area contributed by atoms with Crippen LogP contribution in [0.1, 0.15) is 41.5 Å². The first-order valence-corrected chi connectivity index (χ1v) is 7.14. The molecule has 1 amide bonds. The van der Waals surface area contributed by atoms with Gasteiger partial charge in [-0.2, -0.15) is 0 Å². The van der Waals surface area contributed by atoms with E-state index in [1.54, 1.807) is 53.7 Å². The Labute approximate surface area is 130 Å². The number of hydrogen-bond acceptors (Lipinski definition) is 6. The maximum atomic E-state index is 11.8. The van der Waals surface area contributed by atoms with E-state index in [9.17, 15) is 9.59 Å². The molecule has 1 rings (SSSR count). The van der Waals surface area contributed by atoms with E-state index in [-0.39, 0.29) is 6.61 Å². The predicted molar refractivity (Wildman–Crippen MR) is 79.4 cm³/mol. The molecule has 0 bridgehead atoms. The summed E-state index contributed by atoms with van der Waals surface area (Å²) in [6.07, 6.45) is 0.959. The number of nitrogens with one attached hydrogen (secondary N) is 1. The molecule has 1 N–H and O–H groups in total. The van der Waals surface area contributed by atoms with Gasteiger partial charge >= 0.3 is 12.2 Å². The van der Waals surface area contributed by atoms with Gasteiger partial charge in [0.1, 0.15) is 17.2 Å². The molecule has 0 aromatic heterocycles. The lowest BCUT2D eigenvalue weighted by Crippen LogP contribution is -2.48. The van der Waals surface area contributed by atoms with Crippen LogP contribution in [0.5, 0.6) is 0 Å². The van der Waals surface area contributed by atoms with Gasteiger partial charge in [0.05, 0.1) is 6.61 Å². The average Bonchev–Trinajstić information content (AvgIpc) is 2.26. The van der Waals surface area contributed by atoms with Gasteiger partial charge in [-0.15, -0.1) is 0 Å². The number of amides is 1. The zero-order chi connectivity index (χ0) is 17.0.